The van der Waals surface area contributed by atoms with Gasteiger partial charge in [0.05, 0.1) is 17.9 Å². The molecule has 3 rings (SSSR count). The normalized spacial score (nSPS) is 10.5. The molecule has 3 aromatic rings. The van der Waals surface area contributed by atoms with Gasteiger partial charge in [0.2, 0.25) is 0 Å². The van der Waals surface area contributed by atoms with Crippen molar-refractivity contribution >= 4 is 5.97 Å². The van der Waals surface area contributed by atoms with Gasteiger partial charge in [-0.25, -0.2) is 4.79 Å². The van der Waals surface area contributed by atoms with Crippen LogP contribution >= 0.6 is 0 Å². The first-order valence-corrected chi connectivity index (χ1v) is 8.58. The number of hydrogen-bond donors (Lipinski definition) is 0. The fourth-order valence-electron chi connectivity index (χ4n) is 2.79. The van der Waals surface area contributed by atoms with Crippen molar-refractivity contribution in [3.63, 3.8) is 0 Å². The van der Waals surface area contributed by atoms with Crippen LogP contribution in [0, 0.1) is 13.8 Å². The van der Waals surface area contributed by atoms with Gasteiger partial charge >= 0.3 is 5.97 Å². The Labute approximate surface area is 153 Å². The van der Waals surface area contributed by atoms with Gasteiger partial charge in [-0.15, -0.1) is 0 Å². The largest absolute Gasteiger partial charge is 0.490 e. The van der Waals surface area contributed by atoms with E-state index in [1.165, 1.54) is 0 Å². The topological polar surface area (TPSA) is 53.4 Å². The van der Waals surface area contributed by atoms with Gasteiger partial charge in [0.15, 0.2) is 0 Å². The first-order valence-electron chi connectivity index (χ1n) is 8.58. The summed E-state index contributed by atoms with van der Waals surface area (Å²) in [6.45, 7) is 4.84. The summed E-state index contributed by atoms with van der Waals surface area (Å²) in [5.74, 6) is 0.391. The molecule has 0 N–H and O–H groups in total. The number of hydrogen-bond acceptors (Lipinski definition) is 4. The third kappa shape index (κ3) is 4.30. The minimum atomic E-state index is -0.365. The zero-order chi connectivity index (χ0) is 18.4. The Morgan fingerprint density at radius 3 is 2.31 bits per heavy atom. The first-order chi connectivity index (χ1) is 12.6. The molecule has 2 aromatic carbocycles. The Morgan fingerprint density at radius 2 is 1.62 bits per heavy atom. The van der Waals surface area contributed by atoms with E-state index in [-0.39, 0.29) is 12.6 Å². The fourth-order valence-corrected chi connectivity index (χ4v) is 2.79. The lowest BCUT2D eigenvalue weighted by Crippen LogP contribution is -2.14. The van der Waals surface area contributed by atoms with Crippen molar-refractivity contribution in [1.29, 1.82) is 0 Å². The second-order valence-electron chi connectivity index (χ2n) is 5.99. The van der Waals surface area contributed by atoms with Crippen LogP contribution in [0.2, 0.25) is 0 Å². The molecule has 0 aliphatic carbocycles. The Bertz CT molecular complexity index is 858. The van der Waals surface area contributed by atoms with E-state index in [2.05, 4.69) is 5.10 Å². The number of para-hydroxylation sites is 1. The Kier molecular flexibility index (Phi) is 5.69. The first kappa shape index (κ1) is 17.7. The molecule has 5 nitrogen and oxygen atoms in total. The third-order valence-electron chi connectivity index (χ3n) is 4.09. The van der Waals surface area contributed by atoms with Gasteiger partial charge in [-0.05, 0) is 31.5 Å². The maximum Gasteiger partial charge on any atom is 0.342 e. The average molecular weight is 350 g/mol. The van der Waals surface area contributed by atoms with Gasteiger partial charge < -0.3 is 9.47 Å². The molecule has 0 bridgehead atoms. The zero-order valence-electron chi connectivity index (χ0n) is 15.0. The monoisotopic (exact) mass is 350 g/mol. The van der Waals surface area contributed by atoms with E-state index in [1.807, 2.05) is 79.2 Å². The number of aromatic nitrogens is 2. The Balaban J connectivity index is 1.59. The second kappa shape index (κ2) is 8.34. The van der Waals surface area contributed by atoms with E-state index in [0.717, 1.165) is 17.0 Å². The maximum atomic E-state index is 12.4. The van der Waals surface area contributed by atoms with Crippen LogP contribution in [0.25, 0.3) is 0 Å². The van der Waals surface area contributed by atoms with Crippen LogP contribution in [0.15, 0.2) is 60.7 Å². The number of aryl methyl sites for hydroxylation is 1. The van der Waals surface area contributed by atoms with Crippen LogP contribution in [0.5, 0.6) is 5.75 Å². The van der Waals surface area contributed by atoms with Crippen molar-refractivity contribution in [2.24, 2.45) is 0 Å². The second-order valence-corrected chi connectivity index (χ2v) is 5.99. The van der Waals surface area contributed by atoms with E-state index in [9.17, 15) is 4.79 Å². The highest BCUT2D eigenvalue weighted by molar-refractivity contribution is 5.91. The molecule has 0 unspecified atom stereocenters. The average Bonchev–Trinajstić information content (AvgIpc) is 2.94. The van der Waals surface area contributed by atoms with Crippen molar-refractivity contribution < 1.29 is 14.3 Å². The minimum Gasteiger partial charge on any atom is -0.490 e. The molecule has 0 fully saturated rings. The third-order valence-corrected chi connectivity index (χ3v) is 4.09. The fraction of sp³-hybridized carbons (Fsp3) is 0.238. The summed E-state index contributed by atoms with van der Waals surface area (Å²) in [5.41, 5.74) is 3.14. The predicted molar refractivity (Wildman–Crippen MR) is 99.5 cm³/mol. The lowest BCUT2D eigenvalue weighted by Gasteiger charge is -2.08. The number of carbonyl (C=O) groups excluding carboxylic acids is 1. The highest BCUT2D eigenvalue weighted by atomic mass is 16.6. The maximum absolute atomic E-state index is 12.4. The van der Waals surface area contributed by atoms with Crippen molar-refractivity contribution in [2.45, 2.75) is 20.4 Å². The molecule has 0 radical (unpaired) electrons. The molecule has 0 aliphatic rings. The summed E-state index contributed by atoms with van der Waals surface area (Å²) >= 11 is 0. The Hall–Kier alpha value is -3.08. The number of ether oxygens (including phenoxy) is 2. The molecule has 0 amide bonds. The molecule has 0 saturated heterocycles. The molecular weight excluding hydrogens is 328 g/mol. The van der Waals surface area contributed by atoms with Crippen LogP contribution in [0.4, 0.5) is 0 Å². The zero-order valence-corrected chi connectivity index (χ0v) is 15.0. The standard InChI is InChI=1S/C21H22N2O3/c1-16-20(17(2)23(22-16)15-18-9-5-3-6-10-18)21(24)26-14-13-25-19-11-7-4-8-12-19/h3-12H,13-15H2,1-2H3. The van der Waals surface area contributed by atoms with Crippen LogP contribution in [-0.4, -0.2) is 29.0 Å². The van der Waals surface area contributed by atoms with Crippen LogP contribution in [0.1, 0.15) is 27.3 Å². The van der Waals surface area contributed by atoms with Gasteiger partial charge in [0.25, 0.3) is 0 Å². The van der Waals surface area contributed by atoms with Crippen LogP contribution < -0.4 is 4.74 Å². The van der Waals surface area contributed by atoms with Crippen LogP contribution in [-0.2, 0) is 11.3 Å². The number of carbonyl (C=O) groups is 1. The molecule has 1 heterocycles. The molecule has 134 valence electrons. The number of nitrogens with zero attached hydrogens (tertiary/aromatic N) is 2. The molecule has 0 aliphatic heterocycles. The number of benzene rings is 2. The Morgan fingerprint density at radius 1 is 0.962 bits per heavy atom. The molecule has 26 heavy (non-hydrogen) atoms. The number of rotatable bonds is 7. The van der Waals surface area contributed by atoms with E-state index in [4.69, 9.17) is 9.47 Å². The molecule has 5 heteroatoms. The number of esters is 1. The molecule has 0 atom stereocenters. The minimum absolute atomic E-state index is 0.191. The van der Waals surface area contributed by atoms with Gasteiger partial charge in [0.1, 0.15) is 24.5 Å². The predicted octanol–water partition coefficient (Wildman–Crippen LogP) is 3.78. The summed E-state index contributed by atoms with van der Waals surface area (Å²) < 4.78 is 12.7. The van der Waals surface area contributed by atoms with Crippen molar-refractivity contribution in [3.05, 3.63) is 83.2 Å². The van der Waals surface area contributed by atoms with Gasteiger partial charge in [-0.2, -0.15) is 5.10 Å². The van der Waals surface area contributed by atoms with Gasteiger partial charge in [-0.3, -0.25) is 4.68 Å². The van der Waals surface area contributed by atoms with Crippen molar-refractivity contribution in [1.82, 2.24) is 9.78 Å². The van der Waals surface area contributed by atoms with Crippen LogP contribution in [0.3, 0.4) is 0 Å². The lowest BCUT2D eigenvalue weighted by atomic mass is 10.2. The molecular formula is C21H22N2O3. The summed E-state index contributed by atoms with van der Waals surface area (Å²) in [6, 6.07) is 19.5. The smallest absolute Gasteiger partial charge is 0.342 e. The molecule has 1 aromatic heterocycles. The van der Waals surface area contributed by atoms with E-state index in [0.29, 0.717) is 24.4 Å². The summed E-state index contributed by atoms with van der Waals surface area (Å²) in [6.07, 6.45) is 0. The van der Waals surface area contributed by atoms with E-state index in [1.54, 1.807) is 0 Å². The summed E-state index contributed by atoms with van der Waals surface area (Å²) in [4.78, 5) is 12.4. The van der Waals surface area contributed by atoms with E-state index >= 15 is 0 Å². The molecule has 0 spiro atoms. The summed E-state index contributed by atoms with van der Waals surface area (Å²) in [5, 5.41) is 4.49. The highest BCUT2D eigenvalue weighted by Crippen LogP contribution is 2.16. The van der Waals surface area contributed by atoms with Crippen molar-refractivity contribution in [2.75, 3.05) is 13.2 Å². The summed E-state index contributed by atoms with van der Waals surface area (Å²) in [7, 11) is 0. The van der Waals surface area contributed by atoms with Gasteiger partial charge in [0, 0.05) is 0 Å². The van der Waals surface area contributed by atoms with Crippen molar-refractivity contribution in [3.8, 4) is 5.75 Å². The van der Waals surface area contributed by atoms with Gasteiger partial charge in [-0.1, -0.05) is 48.5 Å². The quantitative estimate of drug-likeness (QED) is 0.481. The van der Waals surface area contributed by atoms with E-state index < -0.39 is 0 Å². The SMILES string of the molecule is Cc1nn(Cc2ccccc2)c(C)c1C(=O)OCCOc1ccccc1. The highest BCUT2D eigenvalue weighted by Gasteiger charge is 2.20. The molecule has 0 saturated carbocycles. The lowest BCUT2D eigenvalue weighted by molar-refractivity contribution is 0.0448.